The van der Waals surface area contributed by atoms with Gasteiger partial charge in [0.05, 0.1) is 30.3 Å². The molecule has 1 atom stereocenters. The summed E-state index contributed by atoms with van der Waals surface area (Å²) in [6, 6.07) is 9.54. The Morgan fingerprint density at radius 3 is 2.31 bits per heavy atom. The van der Waals surface area contributed by atoms with Crippen molar-refractivity contribution in [3.05, 3.63) is 58.6 Å². The van der Waals surface area contributed by atoms with Crippen LogP contribution in [-0.2, 0) is 19.1 Å². The molecular weight excluding hydrogens is 332 g/mol. The minimum atomic E-state index is -0.522. The van der Waals surface area contributed by atoms with E-state index in [-0.39, 0.29) is 13.2 Å². The monoisotopic (exact) mass is 356 g/mol. The number of fused-ring (bicyclic) bond motifs is 1. The van der Waals surface area contributed by atoms with E-state index in [0.717, 1.165) is 17.1 Å². The Morgan fingerprint density at radius 2 is 1.69 bits per heavy atom. The standard InChI is InChI=1S/C20H24N2O4/c1-4-25-19(23)15-13(3)22-12-11-21-18(22)17(20(24)26-5-2)16(15)14-9-7-6-8-10-14/h6-10,16,21H,4-5,11-12H2,1-3H3. The minimum absolute atomic E-state index is 0.272. The smallest absolute Gasteiger partial charge is 0.338 e. The number of carbonyl (C=O) groups excluding carboxylic acids is 2. The Labute approximate surface area is 153 Å². The summed E-state index contributed by atoms with van der Waals surface area (Å²) in [6.45, 7) is 7.39. The molecule has 1 aromatic carbocycles. The molecule has 1 saturated heterocycles. The quantitative estimate of drug-likeness (QED) is 0.817. The molecule has 0 aliphatic carbocycles. The summed E-state index contributed by atoms with van der Waals surface area (Å²) < 4.78 is 10.6. The summed E-state index contributed by atoms with van der Waals surface area (Å²) in [4.78, 5) is 27.6. The fourth-order valence-corrected chi connectivity index (χ4v) is 3.58. The SMILES string of the molecule is CCOC(=O)C1=C(C)N2CCNC2=C(C(=O)OCC)C1c1ccccc1. The first-order valence-electron chi connectivity index (χ1n) is 8.95. The summed E-state index contributed by atoms with van der Waals surface area (Å²) >= 11 is 0. The summed E-state index contributed by atoms with van der Waals surface area (Å²) in [5.41, 5.74) is 2.63. The van der Waals surface area contributed by atoms with Crippen molar-refractivity contribution in [2.75, 3.05) is 26.3 Å². The van der Waals surface area contributed by atoms with Gasteiger partial charge in [0.2, 0.25) is 0 Å². The van der Waals surface area contributed by atoms with Crippen molar-refractivity contribution in [3.63, 3.8) is 0 Å². The van der Waals surface area contributed by atoms with Gasteiger partial charge < -0.3 is 19.7 Å². The molecule has 2 aliphatic heterocycles. The van der Waals surface area contributed by atoms with Crippen molar-refractivity contribution < 1.29 is 19.1 Å². The van der Waals surface area contributed by atoms with Crippen LogP contribution in [0.2, 0.25) is 0 Å². The molecule has 0 bridgehead atoms. The normalized spacial score (nSPS) is 19.2. The number of nitrogens with one attached hydrogen (secondary N) is 1. The number of hydrogen-bond donors (Lipinski definition) is 1. The summed E-state index contributed by atoms with van der Waals surface area (Å²) in [5.74, 6) is -0.606. The van der Waals surface area contributed by atoms with Crippen LogP contribution < -0.4 is 5.32 Å². The zero-order chi connectivity index (χ0) is 18.7. The fraction of sp³-hybridized carbons (Fsp3) is 0.400. The highest BCUT2D eigenvalue weighted by Gasteiger charge is 2.43. The second kappa shape index (κ2) is 7.64. The number of benzene rings is 1. The van der Waals surface area contributed by atoms with Gasteiger partial charge >= 0.3 is 11.9 Å². The molecule has 6 nitrogen and oxygen atoms in total. The predicted molar refractivity (Wildman–Crippen MR) is 96.9 cm³/mol. The first-order chi connectivity index (χ1) is 12.6. The highest BCUT2D eigenvalue weighted by atomic mass is 16.5. The third-order valence-electron chi connectivity index (χ3n) is 4.65. The number of rotatable bonds is 5. The first-order valence-corrected chi connectivity index (χ1v) is 8.95. The van der Waals surface area contributed by atoms with Crippen LogP contribution in [0, 0.1) is 0 Å². The molecule has 1 N–H and O–H groups in total. The molecule has 0 aromatic heterocycles. The van der Waals surface area contributed by atoms with Gasteiger partial charge in [0.15, 0.2) is 0 Å². The van der Waals surface area contributed by atoms with Crippen molar-refractivity contribution in [3.8, 4) is 0 Å². The number of hydrogen-bond acceptors (Lipinski definition) is 6. The van der Waals surface area contributed by atoms with Gasteiger partial charge in [0, 0.05) is 18.8 Å². The maximum atomic E-state index is 12.8. The summed E-state index contributed by atoms with van der Waals surface area (Å²) in [6.07, 6.45) is 0. The minimum Gasteiger partial charge on any atom is -0.463 e. The van der Waals surface area contributed by atoms with Crippen molar-refractivity contribution in [1.82, 2.24) is 10.2 Å². The Kier molecular flexibility index (Phi) is 5.30. The van der Waals surface area contributed by atoms with Crippen LogP contribution in [-0.4, -0.2) is 43.1 Å². The van der Waals surface area contributed by atoms with Crippen LogP contribution in [0.4, 0.5) is 0 Å². The average Bonchev–Trinajstić information content (AvgIpc) is 3.12. The van der Waals surface area contributed by atoms with Gasteiger partial charge in [-0.25, -0.2) is 9.59 Å². The van der Waals surface area contributed by atoms with Crippen LogP contribution in [0.5, 0.6) is 0 Å². The predicted octanol–water partition coefficient (Wildman–Crippen LogP) is 2.30. The van der Waals surface area contributed by atoms with Crippen molar-refractivity contribution in [2.45, 2.75) is 26.7 Å². The van der Waals surface area contributed by atoms with Gasteiger partial charge in [-0.05, 0) is 26.3 Å². The molecule has 2 aliphatic rings. The zero-order valence-electron chi connectivity index (χ0n) is 15.4. The first kappa shape index (κ1) is 18.0. The zero-order valence-corrected chi connectivity index (χ0v) is 15.4. The van der Waals surface area contributed by atoms with E-state index in [1.165, 1.54) is 0 Å². The average molecular weight is 356 g/mol. The van der Waals surface area contributed by atoms with E-state index in [2.05, 4.69) is 5.32 Å². The maximum absolute atomic E-state index is 12.8. The number of carbonyl (C=O) groups is 2. The lowest BCUT2D eigenvalue weighted by Gasteiger charge is -2.34. The van der Waals surface area contributed by atoms with Crippen molar-refractivity contribution in [1.29, 1.82) is 0 Å². The Bertz CT molecular complexity index is 767. The van der Waals surface area contributed by atoms with E-state index in [1.807, 2.05) is 42.2 Å². The van der Waals surface area contributed by atoms with E-state index in [1.54, 1.807) is 13.8 Å². The topological polar surface area (TPSA) is 67.9 Å². The lowest BCUT2D eigenvalue weighted by Crippen LogP contribution is -2.35. The van der Waals surface area contributed by atoms with Gasteiger partial charge in [-0.3, -0.25) is 0 Å². The summed E-state index contributed by atoms with van der Waals surface area (Å²) in [7, 11) is 0. The molecule has 0 saturated carbocycles. The molecule has 138 valence electrons. The number of ether oxygens (including phenoxy) is 2. The number of nitrogens with zero attached hydrogens (tertiary/aromatic N) is 1. The molecule has 0 radical (unpaired) electrons. The largest absolute Gasteiger partial charge is 0.463 e. The molecule has 0 spiro atoms. The van der Waals surface area contributed by atoms with Gasteiger partial charge in [0.1, 0.15) is 5.82 Å². The van der Waals surface area contributed by atoms with Crippen LogP contribution in [0.15, 0.2) is 53.0 Å². The lowest BCUT2D eigenvalue weighted by molar-refractivity contribution is -0.139. The Balaban J connectivity index is 2.20. The number of allylic oxidation sites excluding steroid dienone is 1. The molecule has 6 heteroatoms. The molecule has 26 heavy (non-hydrogen) atoms. The maximum Gasteiger partial charge on any atom is 0.338 e. The van der Waals surface area contributed by atoms with Crippen LogP contribution in [0.1, 0.15) is 32.3 Å². The van der Waals surface area contributed by atoms with E-state index in [9.17, 15) is 9.59 Å². The molecule has 1 fully saturated rings. The van der Waals surface area contributed by atoms with Crippen LogP contribution in [0.3, 0.4) is 0 Å². The second-order valence-electron chi connectivity index (χ2n) is 6.12. The number of esters is 2. The van der Waals surface area contributed by atoms with Gasteiger partial charge in [0.25, 0.3) is 0 Å². The fourth-order valence-electron chi connectivity index (χ4n) is 3.58. The van der Waals surface area contributed by atoms with E-state index in [4.69, 9.17) is 9.47 Å². The van der Waals surface area contributed by atoms with E-state index >= 15 is 0 Å². The van der Waals surface area contributed by atoms with Crippen LogP contribution >= 0.6 is 0 Å². The Morgan fingerprint density at radius 1 is 1.08 bits per heavy atom. The third kappa shape index (κ3) is 3.07. The van der Waals surface area contributed by atoms with E-state index < -0.39 is 17.9 Å². The van der Waals surface area contributed by atoms with Gasteiger partial charge in [-0.1, -0.05) is 30.3 Å². The highest BCUT2D eigenvalue weighted by Crippen LogP contribution is 2.43. The lowest BCUT2D eigenvalue weighted by atomic mass is 9.81. The highest BCUT2D eigenvalue weighted by molar-refractivity contribution is 6.00. The van der Waals surface area contributed by atoms with Crippen LogP contribution in [0.25, 0.3) is 0 Å². The molecule has 1 aromatic rings. The van der Waals surface area contributed by atoms with Gasteiger partial charge in [-0.2, -0.15) is 0 Å². The Hall–Kier alpha value is -2.76. The van der Waals surface area contributed by atoms with Crippen molar-refractivity contribution >= 4 is 11.9 Å². The molecule has 1 unspecified atom stereocenters. The third-order valence-corrected chi connectivity index (χ3v) is 4.65. The van der Waals surface area contributed by atoms with Gasteiger partial charge in [-0.15, -0.1) is 0 Å². The van der Waals surface area contributed by atoms with E-state index in [0.29, 0.717) is 24.2 Å². The molecular formula is C20H24N2O4. The summed E-state index contributed by atoms with van der Waals surface area (Å²) in [5, 5.41) is 3.29. The second-order valence-corrected chi connectivity index (χ2v) is 6.12. The molecule has 3 rings (SSSR count). The molecule has 0 amide bonds. The molecule has 2 heterocycles. The van der Waals surface area contributed by atoms with Crippen molar-refractivity contribution in [2.24, 2.45) is 0 Å².